The van der Waals surface area contributed by atoms with Crippen molar-refractivity contribution in [2.75, 3.05) is 31.2 Å². The zero-order chi connectivity index (χ0) is 14.5. The van der Waals surface area contributed by atoms with Crippen LogP contribution in [0.4, 0.5) is 4.79 Å². The summed E-state index contributed by atoms with van der Waals surface area (Å²) < 4.78 is 5.25. The Hall–Kier alpha value is -0.950. The van der Waals surface area contributed by atoms with Crippen molar-refractivity contribution in [3.8, 4) is 0 Å². The summed E-state index contributed by atoms with van der Waals surface area (Å²) >= 11 is 1.78. The number of carboxylic acids is 1. The summed E-state index contributed by atoms with van der Waals surface area (Å²) in [7, 11) is 0. The lowest BCUT2D eigenvalue weighted by Crippen LogP contribution is -2.65. The number of hydrogen-bond acceptors (Lipinski definition) is 4. The number of carbonyl (C=O) groups excluding carboxylic acids is 1. The maximum absolute atomic E-state index is 11.9. The van der Waals surface area contributed by atoms with Gasteiger partial charge in [0.05, 0.1) is 13.1 Å². The van der Waals surface area contributed by atoms with Gasteiger partial charge < -0.3 is 20.1 Å². The number of hydrogen-bond donors (Lipinski definition) is 2. The van der Waals surface area contributed by atoms with Crippen LogP contribution in [0.15, 0.2) is 0 Å². The molecule has 0 radical (unpaired) electrons. The molecule has 0 aromatic heterocycles. The van der Waals surface area contributed by atoms with Crippen LogP contribution >= 0.6 is 11.8 Å². The van der Waals surface area contributed by atoms with Crippen LogP contribution < -0.4 is 5.32 Å². The number of carbonyl (C=O) groups is 2. The molecule has 0 aliphatic carbocycles. The molecule has 1 saturated heterocycles. The molecule has 1 rings (SSSR count). The smallest absolute Gasteiger partial charge is 0.329 e. The minimum atomic E-state index is -0.991. The molecule has 0 spiro atoms. The molecule has 1 aliphatic rings. The maximum atomic E-state index is 11.9. The average Bonchev–Trinajstić information content (AvgIpc) is 2.30. The van der Waals surface area contributed by atoms with Crippen molar-refractivity contribution in [3.63, 3.8) is 0 Å². The lowest BCUT2D eigenvalue weighted by molar-refractivity contribution is -0.159. The average molecular weight is 290 g/mol. The molecular formula is C12H22N2O4S. The van der Waals surface area contributed by atoms with E-state index >= 15 is 0 Å². The minimum Gasteiger partial charge on any atom is -0.480 e. The monoisotopic (exact) mass is 290 g/mol. The highest BCUT2D eigenvalue weighted by Crippen LogP contribution is 2.24. The van der Waals surface area contributed by atoms with E-state index in [0.29, 0.717) is 13.1 Å². The topological polar surface area (TPSA) is 78.9 Å². The normalized spacial score (nSPS) is 18.6. The first-order valence-electron chi connectivity index (χ1n) is 6.35. The fraction of sp³-hybridized carbons (Fsp3) is 0.833. The summed E-state index contributed by atoms with van der Waals surface area (Å²) in [5, 5.41) is 11.5. The van der Waals surface area contributed by atoms with Gasteiger partial charge in [0.25, 0.3) is 0 Å². The Morgan fingerprint density at radius 3 is 2.68 bits per heavy atom. The summed E-state index contributed by atoms with van der Waals surface area (Å²) in [6.07, 6.45) is 0. The first kappa shape index (κ1) is 16.1. The molecule has 0 aromatic rings. The second-order valence-corrected chi connectivity index (χ2v) is 6.32. The van der Waals surface area contributed by atoms with Crippen LogP contribution in [0.25, 0.3) is 0 Å². The lowest BCUT2D eigenvalue weighted by atomic mass is 9.97. The standard InChI is InChI=1S/C12H22N2O4S/c1-4-19-6-9(2)13-11(17)14-7-12(3,8-14)18-5-10(15)16/h9H,4-8H2,1-3H3,(H,13,17)(H,15,16). The number of carboxylic acid groups (broad SMARTS) is 1. The maximum Gasteiger partial charge on any atom is 0.329 e. The number of nitrogens with one attached hydrogen (secondary N) is 1. The number of aliphatic carboxylic acids is 1. The van der Waals surface area contributed by atoms with Gasteiger partial charge in [-0.05, 0) is 19.6 Å². The summed E-state index contributed by atoms with van der Waals surface area (Å²) in [5.41, 5.74) is -0.531. The number of amides is 2. The van der Waals surface area contributed by atoms with Crippen LogP contribution in [0, 0.1) is 0 Å². The second-order valence-electron chi connectivity index (χ2n) is 5.00. The Morgan fingerprint density at radius 1 is 1.53 bits per heavy atom. The third-order valence-corrected chi connectivity index (χ3v) is 3.97. The van der Waals surface area contributed by atoms with Crippen LogP contribution in [0.3, 0.4) is 0 Å². The number of urea groups is 1. The largest absolute Gasteiger partial charge is 0.480 e. The number of thioether (sulfide) groups is 1. The summed E-state index contributed by atoms with van der Waals surface area (Å²) in [5.74, 6) is 0.933. The first-order valence-corrected chi connectivity index (χ1v) is 7.50. The Balaban J connectivity index is 2.25. The van der Waals surface area contributed by atoms with E-state index in [1.54, 1.807) is 16.7 Å². The van der Waals surface area contributed by atoms with Crippen molar-refractivity contribution in [1.29, 1.82) is 0 Å². The van der Waals surface area contributed by atoms with E-state index in [2.05, 4.69) is 12.2 Å². The second kappa shape index (κ2) is 7.00. The van der Waals surface area contributed by atoms with Crippen LogP contribution in [0.2, 0.25) is 0 Å². The summed E-state index contributed by atoms with van der Waals surface area (Å²) in [4.78, 5) is 23.9. The van der Waals surface area contributed by atoms with Gasteiger partial charge >= 0.3 is 12.0 Å². The van der Waals surface area contributed by atoms with Gasteiger partial charge in [0.2, 0.25) is 0 Å². The Kier molecular flexibility index (Phi) is 5.93. The molecule has 2 N–H and O–H groups in total. The van der Waals surface area contributed by atoms with E-state index in [0.717, 1.165) is 11.5 Å². The summed E-state index contributed by atoms with van der Waals surface area (Å²) in [6, 6.07) is 0.0184. The Labute approximate surface area is 117 Å². The minimum absolute atomic E-state index is 0.111. The molecule has 1 atom stereocenters. The molecule has 7 heteroatoms. The van der Waals surface area contributed by atoms with E-state index in [9.17, 15) is 9.59 Å². The number of ether oxygens (including phenoxy) is 1. The molecule has 1 unspecified atom stereocenters. The van der Waals surface area contributed by atoms with Gasteiger partial charge in [-0.15, -0.1) is 0 Å². The van der Waals surface area contributed by atoms with E-state index in [1.807, 2.05) is 13.8 Å². The van der Waals surface area contributed by atoms with Gasteiger partial charge in [-0.25, -0.2) is 9.59 Å². The highest BCUT2D eigenvalue weighted by molar-refractivity contribution is 7.99. The van der Waals surface area contributed by atoms with Gasteiger partial charge in [0.15, 0.2) is 0 Å². The van der Waals surface area contributed by atoms with Gasteiger partial charge in [-0.1, -0.05) is 6.92 Å². The molecule has 110 valence electrons. The van der Waals surface area contributed by atoms with E-state index in [4.69, 9.17) is 9.84 Å². The van der Waals surface area contributed by atoms with Crippen LogP contribution in [-0.2, 0) is 9.53 Å². The molecule has 2 amide bonds. The van der Waals surface area contributed by atoms with Crippen molar-refractivity contribution < 1.29 is 19.4 Å². The van der Waals surface area contributed by atoms with Crippen molar-refractivity contribution in [3.05, 3.63) is 0 Å². The van der Waals surface area contributed by atoms with E-state index < -0.39 is 11.6 Å². The van der Waals surface area contributed by atoms with Gasteiger partial charge in [-0.2, -0.15) is 11.8 Å². The fourth-order valence-corrected chi connectivity index (χ4v) is 2.54. The summed E-state index contributed by atoms with van der Waals surface area (Å²) in [6.45, 7) is 6.41. The van der Waals surface area contributed by atoms with E-state index in [-0.39, 0.29) is 18.7 Å². The Morgan fingerprint density at radius 2 is 2.16 bits per heavy atom. The fourth-order valence-electron chi connectivity index (χ4n) is 1.87. The highest BCUT2D eigenvalue weighted by atomic mass is 32.2. The third-order valence-electron chi connectivity index (χ3n) is 2.82. The molecular weight excluding hydrogens is 268 g/mol. The molecule has 19 heavy (non-hydrogen) atoms. The predicted molar refractivity (Wildman–Crippen MR) is 74.6 cm³/mol. The van der Waals surface area contributed by atoms with Crippen molar-refractivity contribution in [1.82, 2.24) is 10.2 Å². The zero-order valence-corrected chi connectivity index (χ0v) is 12.5. The molecule has 1 fully saturated rings. The first-order chi connectivity index (χ1) is 8.86. The van der Waals surface area contributed by atoms with Crippen LogP contribution in [0.5, 0.6) is 0 Å². The van der Waals surface area contributed by atoms with Crippen LogP contribution in [-0.4, -0.2) is 64.9 Å². The van der Waals surface area contributed by atoms with Gasteiger partial charge in [0, 0.05) is 11.8 Å². The van der Waals surface area contributed by atoms with E-state index in [1.165, 1.54) is 0 Å². The van der Waals surface area contributed by atoms with Gasteiger partial charge in [0.1, 0.15) is 12.2 Å². The molecule has 6 nitrogen and oxygen atoms in total. The predicted octanol–water partition coefficient (Wildman–Crippen LogP) is 1.01. The number of nitrogens with zero attached hydrogens (tertiary/aromatic N) is 1. The third kappa shape index (κ3) is 5.28. The van der Waals surface area contributed by atoms with Crippen LogP contribution in [0.1, 0.15) is 20.8 Å². The van der Waals surface area contributed by atoms with Crippen molar-refractivity contribution >= 4 is 23.8 Å². The SMILES string of the molecule is CCSCC(C)NC(=O)N1CC(C)(OCC(=O)O)C1. The molecule has 1 aliphatic heterocycles. The van der Waals surface area contributed by atoms with Crippen molar-refractivity contribution in [2.24, 2.45) is 0 Å². The quantitative estimate of drug-likeness (QED) is 0.731. The lowest BCUT2D eigenvalue weighted by Gasteiger charge is -2.47. The van der Waals surface area contributed by atoms with Crippen molar-refractivity contribution in [2.45, 2.75) is 32.4 Å². The molecule has 0 saturated carbocycles. The molecule has 0 aromatic carbocycles. The Bertz CT molecular complexity index is 332. The molecule has 1 heterocycles. The highest BCUT2D eigenvalue weighted by Gasteiger charge is 2.42. The van der Waals surface area contributed by atoms with Gasteiger partial charge in [-0.3, -0.25) is 0 Å². The number of likely N-dealkylation sites (tertiary alicyclic amines) is 1. The zero-order valence-electron chi connectivity index (χ0n) is 11.6. The molecule has 0 bridgehead atoms. The number of rotatable bonds is 7.